The van der Waals surface area contributed by atoms with Crippen LogP contribution in [0.3, 0.4) is 0 Å². The molecule has 9 heteroatoms. The Bertz CT molecular complexity index is 1200. The number of nitrogens with zero attached hydrogens (tertiary/aromatic N) is 3. The van der Waals surface area contributed by atoms with Crippen molar-refractivity contribution in [3.8, 4) is 0 Å². The Morgan fingerprint density at radius 1 is 1.13 bits per heavy atom. The summed E-state index contributed by atoms with van der Waals surface area (Å²) in [6, 6.07) is 7.84. The van der Waals surface area contributed by atoms with Gasteiger partial charge in [0.25, 0.3) is 0 Å². The van der Waals surface area contributed by atoms with Crippen LogP contribution in [0.5, 0.6) is 0 Å². The molecule has 0 atom stereocenters. The lowest BCUT2D eigenvalue weighted by atomic mass is 10.0. The Hall–Kier alpha value is -3.04. The van der Waals surface area contributed by atoms with Crippen LogP contribution in [0.25, 0.3) is 10.2 Å². The van der Waals surface area contributed by atoms with Gasteiger partial charge in [-0.05, 0) is 41.5 Å². The van der Waals surface area contributed by atoms with Crippen molar-refractivity contribution in [2.75, 3.05) is 22.5 Å². The number of fused-ring (bicyclic) bond motifs is 1. The molecule has 0 unspecified atom stereocenters. The first kappa shape index (κ1) is 21.2. The van der Waals surface area contributed by atoms with Crippen LogP contribution >= 0.6 is 22.7 Å². The smallest absolute Gasteiger partial charge is 0.325 e. The first-order valence-corrected chi connectivity index (χ1v) is 11.7. The zero-order valence-electron chi connectivity index (χ0n) is 17.6. The third kappa shape index (κ3) is 5.18. The van der Waals surface area contributed by atoms with E-state index in [0.717, 1.165) is 45.1 Å². The Kier molecular flexibility index (Phi) is 6.43. The van der Waals surface area contributed by atoms with Crippen molar-refractivity contribution in [2.24, 2.45) is 0 Å². The van der Waals surface area contributed by atoms with E-state index < -0.39 is 0 Å². The maximum absolute atomic E-state index is 12.4. The van der Waals surface area contributed by atoms with E-state index in [0.29, 0.717) is 11.0 Å². The molecular formula is C22H24N6OS2. The SMILES string of the molecule is Cc1ccc(C(C)C)cc1NC(=O)Nc1ncc(CCNc2ncnc3ccsc23)s1. The monoisotopic (exact) mass is 452 g/mol. The van der Waals surface area contributed by atoms with Crippen molar-refractivity contribution >= 4 is 55.6 Å². The van der Waals surface area contributed by atoms with E-state index in [1.807, 2.05) is 30.5 Å². The average Bonchev–Trinajstić information content (AvgIpc) is 3.39. The number of urea groups is 1. The number of nitrogens with one attached hydrogen (secondary N) is 3. The molecule has 0 aliphatic carbocycles. The minimum atomic E-state index is -0.288. The first-order chi connectivity index (χ1) is 15.0. The summed E-state index contributed by atoms with van der Waals surface area (Å²) < 4.78 is 1.06. The van der Waals surface area contributed by atoms with E-state index in [-0.39, 0.29) is 6.03 Å². The van der Waals surface area contributed by atoms with E-state index in [1.165, 1.54) is 16.9 Å². The van der Waals surface area contributed by atoms with Gasteiger partial charge in [-0.2, -0.15) is 0 Å². The van der Waals surface area contributed by atoms with E-state index in [2.05, 4.69) is 50.8 Å². The molecule has 0 aliphatic rings. The molecule has 1 aromatic carbocycles. The molecule has 3 heterocycles. The minimum absolute atomic E-state index is 0.288. The summed E-state index contributed by atoms with van der Waals surface area (Å²) in [5.74, 6) is 1.25. The average molecular weight is 453 g/mol. The van der Waals surface area contributed by atoms with Gasteiger partial charge in [0.2, 0.25) is 0 Å². The van der Waals surface area contributed by atoms with Crippen molar-refractivity contribution in [1.29, 1.82) is 0 Å². The molecule has 0 bridgehead atoms. The van der Waals surface area contributed by atoms with E-state index >= 15 is 0 Å². The van der Waals surface area contributed by atoms with Gasteiger partial charge in [-0.3, -0.25) is 5.32 Å². The number of carbonyl (C=O) groups excluding carboxylic acids is 1. The molecule has 2 amide bonds. The molecule has 0 fully saturated rings. The molecule has 4 rings (SSSR count). The number of hydrogen-bond donors (Lipinski definition) is 3. The highest BCUT2D eigenvalue weighted by molar-refractivity contribution is 7.17. The third-order valence-electron chi connectivity index (χ3n) is 4.86. The second kappa shape index (κ2) is 9.40. The van der Waals surface area contributed by atoms with Crippen LogP contribution in [0.1, 0.15) is 35.8 Å². The standard InChI is InChI=1S/C22H24N6OS2/c1-13(2)15-5-4-14(3)18(10-15)27-21(29)28-22-24-11-16(31-22)6-8-23-20-19-17(7-9-30-19)25-12-26-20/h4-5,7,9-13H,6,8H2,1-3H3,(H,23,25,26)(H2,24,27,28,29). The normalized spacial score (nSPS) is 11.1. The number of rotatable bonds is 7. The van der Waals surface area contributed by atoms with Crippen molar-refractivity contribution in [1.82, 2.24) is 15.0 Å². The van der Waals surface area contributed by atoms with E-state index in [4.69, 9.17) is 0 Å². The zero-order valence-corrected chi connectivity index (χ0v) is 19.2. The Balaban J connectivity index is 1.31. The number of anilines is 3. The van der Waals surface area contributed by atoms with Gasteiger partial charge in [0.15, 0.2) is 5.13 Å². The van der Waals surface area contributed by atoms with Gasteiger partial charge >= 0.3 is 6.03 Å². The lowest BCUT2D eigenvalue weighted by molar-refractivity contribution is 0.262. The molecule has 0 saturated heterocycles. The number of thiazole rings is 1. The predicted molar refractivity (Wildman–Crippen MR) is 130 cm³/mol. The Morgan fingerprint density at radius 2 is 2.00 bits per heavy atom. The van der Waals surface area contributed by atoms with Crippen molar-refractivity contribution < 1.29 is 4.79 Å². The maximum Gasteiger partial charge on any atom is 0.325 e. The largest absolute Gasteiger partial charge is 0.368 e. The highest BCUT2D eigenvalue weighted by atomic mass is 32.1. The second-order valence-corrected chi connectivity index (χ2v) is 9.51. The van der Waals surface area contributed by atoms with Crippen molar-refractivity contribution in [3.63, 3.8) is 0 Å². The molecular weight excluding hydrogens is 428 g/mol. The number of carbonyl (C=O) groups is 1. The zero-order chi connectivity index (χ0) is 21.8. The molecule has 3 aromatic heterocycles. The molecule has 160 valence electrons. The van der Waals surface area contributed by atoms with Gasteiger partial charge in [0.1, 0.15) is 12.1 Å². The van der Waals surface area contributed by atoms with Crippen molar-refractivity contribution in [3.05, 3.63) is 58.2 Å². The number of amides is 2. The van der Waals surface area contributed by atoms with Crippen LogP contribution in [0.4, 0.5) is 21.4 Å². The molecule has 7 nitrogen and oxygen atoms in total. The number of hydrogen-bond acceptors (Lipinski definition) is 7. The van der Waals surface area contributed by atoms with Crippen LogP contribution < -0.4 is 16.0 Å². The third-order valence-corrected chi connectivity index (χ3v) is 6.74. The topological polar surface area (TPSA) is 91.8 Å². The summed E-state index contributed by atoms with van der Waals surface area (Å²) in [5, 5.41) is 11.7. The summed E-state index contributed by atoms with van der Waals surface area (Å²) in [7, 11) is 0. The maximum atomic E-state index is 12.4. The predicted octanol–water partition coefficient (Wildman–Crippen LogP) is 5.88. The highest BCUT2D eigenvalue weighted by Crippen LogP contribution is 2.26. The first-order valence-electron chi connectivity index (χ1n) is 10.0. The lowest BCUT2D eigenvalue weighted by Crippen LogP contribution is -2.20. The Morgan fingerprint density at radius 3 is 2.84 bits per heavy atom. The lowest BCUT2D eigenvalue weighted by Gasteiger charge is -2.12. The van der Waals surface area contributed by atoms with Gasteiger partial charge in [-0.1, -0.05) is 26.0 Å². The van der Waals surface area contributed by atoms with Gasteiger partial charge in [0, 0.05) is 29.7 Å². The molecule has 0 saturated carbocycles. The fourth-order valence-electron chi connectivity index (χ4n) is 3.08. The van der Waals surface area contributed by atoms with Crippen LogP contribution in [0, 0.1) is 6.92 Å². The number of aromatic nitrogens is 3. The molecule has 31 heavy (non-hydrogen) atoms. The van der Waals surface area contributed by atoms with Crippen LogP contribution in [0.2, 0.25) is 0 Å². The molecule has 3 N–H and O–H groups in total. The number of aryl methyl sites for hydroxylation is 1. The van der Waals surface area contributed by atoms with Gasteiger partial charge in [0.05, 0.1) is 10.2 Å². The summed E-state index contributed by atoms with van der Waals surface area (Å²) >= 11 is 3.09. The molecule has 0 radical (unpaired) electrons. The fourth-order valence-corrected chi connectivity index (χ4v) is 4.70. The van der Waals surface area contributed by atoms with Gasteiger partial charge < -0.3 is 10.6 Å². The van der Waals surface area contributed by atoms with E-state index in [1.54, 1.807) is 23.9 Å². The summed E-state index contributed by atoms with van der Waals surface area (Å²) in [6.07, 6.45) is 4.16. The molecule has 0 spiro atoms. The quantitative estimate of drug-likeness (QED) is 0.326. The second-order valence-electron chi connectivity index (χ2n) is 7.47. The number of thiophene rings is 1. The minimum Gasteiger partial charge on any atom is -0.368 e. The highest BCUT2D eigenvalue weighted by Gasteiger charge is 2.10. The number of benzene rings is 1. The molecule has 4 aromatic rings. The fraction of sp³-hybridized carbons (Fsp3) is 0.273. The van der Waals surface area contributed by atoms with Crippen LogP contribution in [0.15, 0.2) is 42.2 Å². The summed E-state index contributed by atoms with van der Waals surface area (Å²) in [5.41, 5.74) is 3.98. The summed E-state index contributed by atoms with van der Waals surface area (Å²) in [6.45, 7) is 6.97. The van der Waals surface area contributed by atoms with E-state index in [9.17, 15) is 4.79 Å². The van der Waals surface area contributed by atoms with Gasteiger partial charge in [-0.25, -0.2) is 19.7 Å². The Labute approximate surface area is 189 Å². The van der Waals surface area contributed by atoms with Crippen molar-refractivity contribution in [2.45, 2.75) is 33.1 Å². The van der Waals surface area contributed by atoms with Gasteiger partial charge in [-0.15, -0.1) is 22.7 Å². The van der Waals surface area contributed by atoms with Crippen LogP contribution in [-0.4, -0.2) is 27.5 Å². The molecule has 0 aliphatic heterocycles. The summed E-state index contributed by atoms with van der Waals surface area (Å²) in [4.78, 5) is 26.4. The van der Waals surface area contributed by atoms with Crippen LogP contribution in [-0.2, 0) is 6.42 Å².